The van der Waals surface area contributed by atoms with Crippen LogP contribution in [0.3, 0.4) is 0 Å². The van der Waals surface area contributed by atoms with E-state index >= 15 is 0 Å². The zero-order chi connectivity index (χ0) is 15.3. The van der Waals surface area contributed by atoms with Crippen molar-refractivity contribution in [2.24, 2.45) is 11.7 Å². The SMILES string of the molecule is CC(C)(C)OC(=O)C(C(=O)O)C(N)Cc1cccnc1. The number of pyridine rings is 1. The number of rotatable bonds is 5. The van der Waals surface area contributed by atoms with E-state index in [4.69, 9.17) is 10.5 Å². The van der Waals surface area contributed by atoms with Crippen LogP contribution >= 0.6 is 0 Å². The lowest BCUT2D eigenvalue weighted by molar-refractivity contribution is -0.167. The Kier molecular flexibility index (Phi) is 5.21. The van der Waals surface area contributed by atoms with E-state index in [-0.39, 0.29) is 6.42 Å². The number of ether oxygens (including phenoxy) is 1. The highest BCUT2D eigenvalue weighted by Crippen LogP contribution is 2.16. The van der Waals surface area contributed by atoms with Crippen molar-refractivity contribution < 1.29 is 19.4 Å². The fourth-order valence-electron chi connectivity index (χ4n) is 1.73. The molecule has 0 saturated heterocycles. The van der Waals surface area contributed by atoms with Crippen LogP contribution < -0.4 is 5.73 Å². The van der Waals surface area contributed by atoms with Crippen molar-refractivity contribution in [1.82, 2.24) is 4.98 Å². The zero-order valence-electron chi connectivity index (χ0n) is 11.9. The Morgan fingerprint density at radius 2 is 2.10 bits per heavy atom. The minimum Gasteiger partial charge on any atom is -0.481 e. The second kappa shape index (κ2) is 6.47. The molecule has 20 heavy (non-hydrogen) atoms. The molecule has 0 saturated carbocycles. The van der Waals surface area contributed by atoms with Crippen molar-refractivity contribution in [3.05, 3.63) is 30.1 Å². The molecule has 6 heteroatoms. The number of hydrogen-bond donors (Lipinski definition) is 2. The molecule has 2 atom stereocenters. The van der Waals surface area contributed by atoms with Crippen molar-refractivity contribution in [3.63, 3.8) is 0 Å². The molecule has 110 valence electrons. The van der Waals surface area contributed by atoms with Gasteiger partial charge in [-0.2, -0.15) is 0 Å². The van der Waals surface area contributed by atoms with E-state index in [1.165, 1.54) is 0 Å². The molecule has 0 aromatic carbocycles. The maximum absolute atomic E-state index is 11.9. The number of carbonyl (C=O) groups is 2. The molecule has 2 unspecified atom stereocenters. The van der Waals surface area contributed by atoms with Gasteiger partial charge in [0.2, 0.25) is 0 Å². The Morgan fingerprint density at radius 3 is 2.55 bits per heavy atom. The Bertz CT molecular complexity index is 468. The molecule has 1 rings (SSSR count). The summed E-state index contributed by atoms with van der Waals surface area (Å²) in [6.45, 7) is 5.03. The number of carboxylic acid groups (broad SMARTS) is 1. The largest absolute Gasteiger partial charge is 0.481 e. The summed E-state index contributed by atoms with van der Waals surface area (Å²) in [4.78, 5) is 27.1. The molecule has 3 N–H and O–H groups in total. The van der Waals surface area contributed by atoms with Gasteiger partial charge in [0.05, 0.1) is 0 Å². The third-order valence-corrected chi connectivity index (χ3v) is 2.55. The molecule has 0 aliphatic heterocycles. The van der Waals surface area contributed by atoms with Gasteiger partial charge in [0, 0.05) is 18.4 Å². The number of nitrogens with zero attached hydrogens (tertiary/aromatic N) is 1. The van der Waals surface area contributed by atoms with Gasteiger partial charge in [-0.05, 0) is 38.8 Å². The second-order valence-electron chi connectivity index (χ2n) is 5.58. The van der Waals surface area contributed by atoms with Gasteiger partial charge in [-0.1, -0.05) is 6.07 Å². The van der Waals surface area contributed by atoms with Gasteiger partial charge < -0.3 is 15.6 Å². The normalized spacial score (nSPS) is 14.4. The van der Waals surface area contributed by atoms with Gasteiger partial charge >= 0.3 is 11.9 Å². The predicted molar refractivity (Wildman–Crippen MR) is 72.9 cm³/mol. The lowest BCUT2D eigenvalue weighted by Gasteiger charge is -2.25. The van der Waals surface area contributed by atoms with Crippen LogP contribution in [0.1, 0.15) is 26.3 Å². The van der Waals surface area contributed by atoms with E-state index < -0.39 is 29.5 Å². The molecule has 0 amide bonds. The van der Waals surface area contributed by atoms with E-state index in [0.717, 1.165) is 5.56 Å². The number of nitrogens with two attached hydrogens (primary N) is 1. The van der Waals surface area contributed by atoms with Gasteiger partial charge in [0.25, 0.3) is 0 Å². The first-order chi connectivity index (χ1) is 9.20. The van der Waals surface area contributed by atoms with Gasteiger partial charge in [-0.15, -0.1) is 0 Å². The predicted octanol–water partition coefficient (Wildman–Crippen LogP) is 0.994. The summed E-state index contributed by atoms with van der Waals surface area (Å²) >= 11 is 0. The van der Waals surface area contributed by atoms with Crippen molar-refractivity contribution in [2.75, 3.05) is 0 Å². The molecule has 6 nitrogen and oxygen atoms in total. The van der Waals surface area contributed by atoms with Crippen LogP contribution in [0.25, 0.3) is 0 Å². The van der Waals surface area contributed by atoms with Gasteiger partial charge in [0.1, 0.15) is 5.60 Å². The molecule has 0 aliphatic carbocycles. The topological polar surface area (TPSA) is 103 Å². The molecule has 0 aliphatic rings. The van der Waals surface area contributed by atoms with Crippen LogP contribution in [0.2, 0.25) is 0 Å². The number of aromatic nitrogens is 1. The maximum Gasteiger partial charge on any atom is 0.322 e. The van der Waals surface area contributed by atoms with Gasteiger partial charge in [-0.25, -0.2) is 0 Å². The highest BCUT2D eigenvalue weighted by atomic mass is 16.6. The summed E-state index contributed by atoms with van der Waals surface area (Å²) in [6, 6.07) is 2.64. The highest BCUT2D eigenvalue weighted by molar-refractivity contribution is 5.95. The van der Waals surface area contributed by atoms with Crippen molar-refractivity contribution in [1.29, 1.82) is 0 Å². The van der Waals surface area contributed by atoms with Crippen molar-refractivity contribution in [2.45, 2.75) is 38.8 Å². The Labute approximate surface area is 118 Å². The lowest BCUT2D eigenvalue weighted by Crippen LogP contribution is -2.45. The lowest BCUT2D eigenvalue weighted by atomic mass is 9.94. The highest BCUT2D eigenvalue weighted by Gasteiger charge is 2.36. The average molecular weight is 280 g/mol. The Morgan fingerprint density at radius 1 is 1.45 bits per heavy atom. The van der Waals surface area contributed by atoms with Crippen LogP contribution in [-0.4, -0.2) is 33.7 Å². The molecule has 0 radical (unpaired) electrons. The number of aliphatic carboxylic acids is 1. The number of carboxylic acids is 1. The van der Waals surface area contributed by atoms with Crippen LogP contribution in [0.5, 0.6) is 0 Å². The van der Waals surface area contributed by atoms with Gasteiger partial charge in [-0.3, -0.25) is 14.6 Å². The third-order valence-electron chi connectivity index (χ3n) is 2.55. The first-order valence-corrected chi connectivity index (χ1v) is 6.31. The summed E-state index contributed by atoms with van der Waals surface area (Å²) in [5, 5.41) is 9.19. The summed E-state index contributed by atoms with van der Waals surface area (Å²) in [6.07, 6.45) is 3.44. The molecular weight excluding hydrogens is 260 g/mol. The Balaban J connectivity index is 2.80. The molecular formula is C14H20N2O4. The fourth-order valence-corrected chi connectivity index (χ4v) is 1.73. The number of esters is 1. The molecule has 0 fully saturated rings. The maximum atomic E-state index is 11.9. The fraction of sp³-hybridized carbons (Fsp3) is 0.500. The van der Waals surface area contributed by atoms with Crippen LogP contribution in [-0.2, 0) is 20.7 Å². The van der Waals surface area contributed by atoms with Crippen molar-refractivity contribution >= 4 is 11.9 Å². The molecule has 1 heterocycles. The summed E-state index contributed by atoms with van der Waals surface area (Å²) in [5.74, 6) is -3.49. The van der Waals surface area contributed by atoms with E-state index in [2.05, 4.69) is 4.98 Å². The minimum atomic E-state index is -1.39. The summed E-state index contributed by atoms with van der Waals surface area (Å²) in [7, 11) is 0. The monoisotopic (exact) mass is 280 g/mol. The zero-order valence-corrected chi connectivity index (χ0v) is 11.9. The quantitative estimate of drug-likeness (QED) is 0.616. The first kappa shape index (κ1) is 16.1. The molecule has 1 aromatic heterocycles. The first-order valence-electron chi connectivity index (χ1n) is 6.31. The average Bonchev–Trinajstić information content (AvgIpc) is 2.26. The van der Waals surface area contributed by atoms with Crippen LogP contribution in [0.4, 0.5) is 0 Å². The molecule has 1 aromatic rings. The van der Waals surface area contributed by atoms with E-state index in [9.17, 15) is 14.7 Å². The minimum absolute atomic E-state index is 0.240. The molecule has 0 bridgehead atoms. The van der Waals surface area contributed by atoms with Crippen LogP contribution in [0, 0.1) is 5.92 Å². The molecule has 0 spiro atoms. The van der Waals surface area contributed by atoms with E-state index in [1.807, 2.05) is 0 Å². The van der Waals surface area contributed by atoms with E-state index in [0.29, 0.717) is 0 Å². The summed E-state index contributed by atoms with van der Waals surface area (Å²) < 4.78 is 5.10. The second-order valence-corrected chi connectivity index (χ2v) is 5.58. The summed E-state index contributed by atoms with van der Waals surface area (Å²) in [5.41, 5.74) is 5.88. The third kappa shape index (κ3) is 4.97. The number of hydrogen-bond acceptors (Lipinski definition) is 5. The smallest absolute Gasteiger partial charge is 0.322 e. The number of carbonyl (C=O) groups excluding carboxylic acids is 1. The van der Waals surface area contributed by atoms with Gasteiger partial charge in [0.15, 0.2) is 5.92 Å². The van der Waals surface area contributed by atoms with Crippen molar-refractivity contribution in [3.8, 4) is 0 Å². The van der Waals surface area contributed by atoms with Crippen LogP contribution in [0.15, 0.2) is 24.5 Å². The Hall–Kier alpha value is -1.95. The standard InChI is InChI=1S/C14H20N2O4/c1-14(2,3)20-13(19)11(12(17)18)10(15)7-9-5-4-6-16-8-9/h4-6,8,10-11H,7,15H2,1-3H3,(H,17,18). The van der Waals surface area contributed by atoms with E-state index in [1.54, 1.807) is 45.3 Å².